The topological polar surface area (TPSA) is 52.5 Å². The van der Waals surface area contributed by atoms with E-state index in [-0.39, 0.29) is 11.5 Å². The highest BCUT2D eigenvalue weighted by molar-refractivity contribution is 7.92. The van der Waals surface area contributed by atoms with Crippen molar-refractivity contribution in [1.82, 2.24) is 0 Å². The SMILES string of the molecule is CC(C)COc1sc([S+](C)[O-])c2c1CC(F)(F)C2O. The Hall–Kier alpha value is -0.370. The summed E-state index contributed by atoms with van der Waals surface area (Å²) in [4.78, 5) is 0. The van der Waals surface area contributed by atoms with Crippen LogP contribution in [0.5, 0.6) is 5.06 Å². The highest BCUT2D eigenvalue weighted by Gasteiger charge is 2.52. The van der Waals surface area contributed by atoms with Crippen LogP contribution < -0.4 is 4.74 Å². The third-order valence-electron chi connectivity index (χ3n) is 2.87. The number of thiophene rings is 1. The Bertz CT molecular complexity index is 472. The minimum atomic E-state index is -3.21. The number of halogens is 2. The normalized spacial score (nSPS) is 22.6. The van der Waals surface area contributed by atoms with E-state index in [2.05, 4.69) is 0 Å². The summed E-state index contributed by atoms with van der Waals surface area (Å²) < 4.78 is 44.6. The van der Waals surface area contributed by atoms with E-state index in [9.17, 15) is 18.4 Å². The number of fused-ring (bicyclic) bond motifs is 1. The van der Waals surface area contributed by atoms with Crippen LogP contribution in [0.3, 0.4) is 0 Å². The van der Waals surface area contributed by atoms with Gasteiger partial charge in [-0.1, -0.05) is 13.8 Å². The van der Waals surface area contributed by atoms with E-state index in [1.54, 1.807) is 0 Å². The van der Waals surface area contributed by atoms with Crippen molar-refractivity contribution < 1.29 is 23.2 Å². The third kappa shape index (κ3) is 2.74. The van der Waals surface area contributed by atoms with Gasteiger partial charge in [0.05, 0.1) is 12.2 Å². The zero-order valence-corrected chi connectivity index (χ0v) is 12.5. The summed E-state index contributed by atoms with van der Waals surface area (Å²) in [5.41, 5.74) is 0.419. The lowest BCUT2D eigenvalue weighted by Gasteiger charge is -2.15. The number of rotatable bonds is 4. The van der Waals surface area contributed by atoms with Gasteiger partial charge in [-0.3, -0.25) is 0 Å². The first-order valence-corrected chi connectivity index (χ1v) is 8.29. The molecule has 1 aromatic rings. The highest BCUT2D eigenvalue weighted by Crippen LogP contribution is 2.53. The van der Waals surface area contributed by atoms with Crippen molar-refractivity contribution >= 4 is 22.5 Å². The standard InChI is InChI=1S/C12H16F2O3S2/c1-6(2)5-17-10-7-4-12(13,14)9(15)8(7)11(18-10)19(3)16/h6,9,15H,4-5H2,1-3H3. The molecule has 0 bridgehead atoms. The van der Waals surface area contributed by atoms with E-state index in [0.717, 1.165) is 11.3 Å². The van der Waals surface area contributed by atoms with Crippen LogP contribution in [0.15, 0.2) is 4.21 Å². The fourth-order valence-corrected chi connectivity index (χ4v) is 4.18. The molecule has 108 valence electrons. The molecule has 2 unspecified atom stereocenters. The van der Waals surface area contributed by atoms with Crippen LogP contribution in [0.4, 0.5) is 8.78 Å². The molecule has 1 aromatic heterocycles. The quantitative estimate of drug-likeness (QED) is 0.870. The first-order valence-electron chi connectivity index (χ1n) is 5.91. The first-order chi connectivity index (χ1) is 8.74. The zero-order valence-electron chi connectivity index (χ0n) is 10.9. The summed E-state index contributed by atoms with van der Waals surface area (Å²) in [5.74, 6) is -2.94. The lowest BCUT2D eigenvalue weighted by Crippen LogP contribution is -2.22. The number of aliphatic hydroxyl groups is 1. The monoisotopic (exact) mass is 310 g/mol. The number of aliphatic hydroxyl groups excluding tert-OH is 1. The average molecular weight is 310 g/mol. The molecule has 0 radical (unpaired) electrons. The van der Waals surface area contributed by atoms with Crippen LogP contribution in [0.1, 0.15) is 31.1 Å². The van der Waals surface area contributed by atoms with Gasteiger partial charge in [-0.15, -0.1) is 0 Å². The van der Waals surface area contributed by atoms with Gasteiger partial charge in [0.15, 0.2) is 5.06 Å². The molecule has 0 aromatic carbocycles. The Kier molecular flexibility index (Phi) is 4.11. The van der Waals surface area contributed by atoms with Crippen molar-refractivity contribution in [2.24, 2.45) is 5.92 Å². The van der Waals surface area contributed by atoms with E-state index in [1.807, 2.05) is 13.8 Å². The van der Waals surface area contributed by atoms with Crippen molar-refractivity contribution in [2.75, 3.05) is 12.9 Å². The first kappa shape index (κ1) is 15.0. The van der Waals surface area contributed by atoms with Gasteiger partial charge in [0.1, 0.15) is 12.4 Å². The van der Waals surface area contributed by atoms with Crippen LogP contribution in [0.25, 0.3) is 0 Å². The predicted octanol–water partition coefficient (Wildman–Crippen LogP) is 2.75. The van der Waals surface area contributed by atoms with Gasteiger partial charge in [0.2, 0.25) is 4.21 Å². The Morgan fingerprint density at radius 1 is 1.58 bits per heavy atom. The molecule has 0 saturated carbocycles. The molecular formula is C12H16F2O3S2. The highest BCUT2D eigenvalue weighted by atomic mass is 32.2. The largest absolute Gasteiger partial charge is 0.611 e. The summed E-state index contributed by atoms with van der Waals surface area (Å²) in [7, 11) is 0. The number of ether oxygens (including phenoxy) is 1. The van der Waals surface area contributed by atoms with Gasteiger partial charge in [-0.2, -0.15) is 0 Å². The van der Waals surface area contributed by atoms with Gasteiger partial charge in [-0.25, -0.2) is 8.78 Å². The Balaban J connectivity index is 2.39. The summed E-state index contributed by atoms with van der Waals surface area (Å²) in [5, 5.41) is 10.1. The lowest BCUT2D eigenvalue weighted by atomic mass is 10.2. The second-order valence-corrected chi connectivity index (χ2v) is 7.63. The maximum absolute atomic E-state index is 13.6. The summed E-state index contributed by atoms with van der Waals surface area (Å²) >= 11 is -0.312. The zero-order chi connectivity index (χ0) is 14.4. The molecule has 0 spiro atoms. The van der Waals surface area contributed by atoms with Crippen LogP contribution in [-0.4, -0.2) is 28.4 Å². The maximum Gasteiger partial charge on any atom is 0.281 e. The fraction of sp³-hybridized carbons (Fsp3) is 0.667. The summed E-state index contributed by atoms with van der Waals surface area (Å²) in [6, 6.07) is 0. The van der Waals surface area contributed by atoms with Crippen molar-refractivity contribution in [3.8, 4) is 5.06 Å². The van der Waals surface area contributed by atoms with Crippen LogP contribution >= 0.6 is 11.3 Å². The molecule has 7 heteroatoms. The van der Waals surface area contributed by atoms with E-state index in [4.69, 9.17) is 4.74 Å². The smallest absolute Gasteiger partial charge is 0.281 e. The number of hydrogen-bond donors (Lipinski definition) is 1. The molecule has 3 nitrogen and oxygen atoms in total. The van der Waals surface area contributed by atoms with Crippen molar-refractivity contribution in [3.05, 3.63) is 11.1 Å². The second kappa shape index (κ2) is 5.20. The van der Waals surface area contributed by atoms with Crippen LogP contribution in [-0.2, 0) is 17.6 Å². The molecule has 0 amide bonds. The number of hydrogen-bond acceptors (Lipinski definition) is 4. The molecule has 0 saturated heterocycles. The molecule has 1 N–H and O–H groups in total. The molecular weight excluding hydrogens is 294 g/mol. The lowest BCUT2D eigenvalue weighted by molar-refractivity contribution is -0.0976. The van der Waals surface area contributed by atoms with E-state index in [1.165, 1.54) is 6.26 Å². The minimum Gasteiger partial charge on any atom is -0.611 e. The van der Waals surface area contributed by atoms with Crippen molar-refractivity contribution in [1.29, 1.82) is 0 Å². The Morgan fingerprint density at radius 3 is 2.74 bits per heavy atom. The van der Waals surface area contributed by atoms with Gasteiger partial charge in [-0.05, 0) is 28.4 Å². The van der Waals surface area contributed by atoms with Crippen molar-refractivity contribution in [2.45, 2.75) is 36.5 Å². The van der Waals surface area contributed by atoms with Crippen LogP contribution in [0, 0.1) is 5.92 Å². The molecule has 1 aliphatic carbocycles. The minimum absolute atomic E-state index is 0.106. The molecule has 19 heavy (non-hydrogen) atoms. The van der Waals surface area contributed by atoms with Crippen LogP contribution in [0.2, 0.25) is 0 Å². The maximum atomic E-state index is 13.6. The van der Waals surface area contributed by atoms with Gasteiger partial charge < -0.3 is 14.4 Å². The van der Waals surface area contributed by atoms with Gasteiger partial charge in [0.25, 0.3) is 5.92 Å². The van der Waals surface area contributed by atoms with Gasteiger partial charge >= 0.3 is 0 Å². The number of alkyl halides is 2. The molecule has 2 rings (SSSR count). The van der Waals surface area contributed by atoms with Gasteiger partial charge in [0, 0.05) is 12.0 Å². The Labute approximate surface area is 117 Å². The Morgan fingerprint density at radius 2 is 2.21 bits per heavy atom. The van der Waals surface area contributed by atoms with E-state index >= 15 is 0 Å². The third-order valence-corrected chi connectivity index (χ3v) is 5.52. The molecule has 0 fully saturated rings. The van der Waals surface area contributed by atoms with E-state index < -0.39 is 29.6 Å². The van der Waals surface area contributed by atoms with E-state index in [0.29, 0.717) is 21.4 Å². The summed E-state index contributed by atoms with van der Waals surface area (Å²) in [6.07, 6.45) is -1.01. The molecule has 1 aliphatic rings. The average Bonchev–Trinajstić information content (AvgIpc) is 2.73. The van der Waals surface area contributed by atoms with Crippen molar-refractivity contribution in [3.63, 3.8) is 0 Å². The molecule has 2 atom stereocenters. The molecule has 1 heterocycles. The summed E-state index contributed by atoms with van der Waals surface area (Å²) in [6.45, 7) is 4.32. The second-order valence-electron chi connectivity index (χ2n) is 5.07. The fourth-order valence-electron chi connectivity index (χ4n) is 1.99. The predicted molar refractivity (Wildman–Crippen MR) is 70.6 cm³/mol. The molecule has 0 aliphatic heterocycles.